The van der Waals surface area contributed by atoms with Crippen LogP contribution in [0.2, 0.25) is 0 Å². The van der Waals surface area contributed by atoms with Crippen LogP contribution in [0.1, 0.15) is 58.8 Å². The van der Waals surface area contributed by atoms with E-state index in [0.717, 1.165) is 25.7 Å². The largest absolute Gasteiger partial charge is 0.481 e. The number of carbonyl (C=O) groups is 1. The Morgan fingerprint density at radius 3 is 2.88 bits per heavy atom. The molecule has 1 saturated carbocycles. The van der Waals surface area contributed by atoms with E-state index in [1.807, 2.05) is 0 Å². The molecule has 1 aliphatic carbocycles. The first kappa shape index (κ1) is 13.5. The van der Waals surface area contributed by atoms with Crippen LogP contribution in [-0.4, -0.2) is 23.2 Å². The number of hydrogen-bond donors (Lipinski definition) is 2. The van der Waals surface area contributed by atoms with Gasteiger partial charge >= 0.3 is 5.97 Å². The van der Waals surface area contributed by atoms with Crippen molar-refractivity contribution in [2.24, 2.45) is 5.92 Å². The fourth-order valence-corrected chi connectivity index (χ4v) is 2.56. The Kier molecular flexibility index (Phi) is 5.81. The average Bonchev–Trinajstić information content (AvgIpc) is 2.26. The molecule has 0 amide bonds. The predicted molar refractivity (Wildman–Crippen MR) is 65.5 cm³/mol. The van der Waals surface area contributed by atoms with E-state index in [1.165, 1.54) is 19.3 Å². The minimum Gasteiger partial charge on any atom is -0.481 e. The Bertz CT molecular complexity index is 218. The summed E-state index contributed by atoms with van der Waals surface area (Å²) in [4.78, 5) is 10.9. The number of carboxylic acids is 1. The van der Waals surface area contributed by atoms with Gasteiger partial charge in [-0.25, -0.2) is 0 Å². The fraction of sp³-hybridized carbons (Fsp3) is 0.923. The SMILES string of the molecule is CCCCC(C)NC1CCCC(C(=O)O)C1. The molecule has 16 heavy (non-hydrogen) atoms. The third-order valence-corrected chi connectivity index (χ3v) is 3.53. The molecular weight excluding hydrogens is 202 g/mol. The number of unbranched alkanes of at least 4 members (excludes halogenated alkanes) is 1. The molecule has 3 atom stereocenters. The highest BCUT2D eigenvalue weighted by Gasteiger charge is 2.27. The van der Waals surface area contributed by atoms with Gasteiger partial charge in [-0.15, -0.1) is 0 Å². The van der Waals surface area contributed by atoms with E-state index >= 15 is 0 Å². The predicted octanol–water partition coefficient (Wildman–Crippen LogP) is 2.80. The maximum Gasteiger partial charge on any atom is 0.306 e. The van der Waals surface area contributed by atoms with Crippen molar-refractivity contribution in [1.82, 2.24) is 5.32 Å². The zero-order valence-electron chi connectivity index (χ0n) is 10.5. The number of aliphatic carboxylic acids is 1. The van der Waals surface area contributed by atoms with Gasteiger partial charge in [0.15, 0.2) is 0 Å². The molecule has 0 aliphatic heterocycles. The lowest BCUT2D eigenvalue weighted by molar-refractivity contribution is -0.143. The van der Waals surface area contributed by atoms with Crippen molar-refractivity contribution in [3.05, 3.63) is 0 Å². The van der Waals surface area contributed by atoms with Crippen LogP contribution in [0, 0.1) is 5.92 Å². The monoisotopic (exact) mass is 227 g/mol. The van der Waals surface area contributed by atoms with E-state index in [-0.39, 0.29) is 5.92 Å². The van der Waals surface area contributed by atoms with Crippen LogP contribution in [0.4, 0.5) is 0 Å². The maximum absolute atomic E-state index is 10.9. The summed E-state index contributed by atoms with van der Waals surface area (Å²) in [5.41, 5.74) is 0. The average molecular weight is 227 g/mol. The van der Waals surface area contributed by atoms with Crippen molar-refractivity contribution in [1.29, 1.82) is 0 Å². The van der Waals surface area contributed by atoms with E-state index in [1.54, 1.807) is 0 Å². The van der Waals surface area contributed by atoms with Crippen LogP contribution in [0.25, 0.3) is 0 Å². The molecule has 94 valence electrons. The first-order chi connectivity index (χ1) is 7.63. The lowest BCUT2D eigenvalue weighted by Crippen LogP contribution is -2.41. The Hall–Kier alpha value is -0.570. The van der Waals surface area contributed by atoms with E-state index in [0.29, 0.717) is 12.1 Å². The quantitative estimate of drug-likeness (QED) is 0.733. The molecule has 3 nitrogen and oxygen atoms in total. The lowest BCUT2D eigenvalue weighted by atomic mass is 9.85. The highest BCUT2D eigenvalue weighted by Crippen LogP contribution is 2.25. The van der Waals surface area contributed by atoms with Crippen molar-refractivity contribution in [3.8, 4) is 0 Å². The summed E-state index contributed by atoms with van der Waals surface area (Å²) in [5.74, 6) is -0.739. The molecule has 0 spiro atoms. The van der Waals surface area contributed by atoms with Gasteiger partial charge < -0.3 is 10.4 Å². The van der Waals surface area contributed by atoms with Crippen LogP contribution in [0.5, 0.6) is 0 Å². The molecule has 0 saturated heterocycles. The van der Waals surface area contributed by atoms with Gasteiger partial charge in [0.05, 0.1) is 5.92 Å². The summed E-state index contributed by atoms with van der Waals surface area (Å²) >= 11 is 0. The number of carboxylic acid groups (broad SMARTS) is 1. The van der Waals surface area contributed by atoms with Gasteiger partial charge in [0.25, 0.3) is 0 Å². The topological polar surface area (TPSA) is 49.3 Å². The molecule has 2 N–H and O–H groups in total. The standard InChI is InChI=1S/C13H25NO2/c1-3-4-6-10(2)14-12-8-5-7-11(9-12)13(15)16/h10-12,14H,3-9H2,1-2H3,(H,15,16). The Morgan fingerprint density at radius 1 is 1.50 bits per heavy atom. The summed E-state index contributed by atoms with van der Waals surface area (Å²) in [7, 11) is 0. The van der Waals surface area contributed by atoms with Crippen LogP contribution in [-0.2, 0) is 4.79 Å². The molecule has 1 aliphatic rings. The van der Waals surface area contributed by atoms with Crippen LogP contribution < -0.4 is 5.32 Å². The summed E-state index contributed by atoms with van der Waals surface area (Å²) in [5, 5.41) is 12.6. The van der Waals surface area contributed by atoms with Gasteiger partial charge in [0, 0.05) is 12.1 Å². The van der Waals surface area contributed by atoms with Crippen LogP contribution >= 0.6 is 0 Å². The Morgan fingerprint density at radius 2 is 2.25 bits per heavy atom. The molecule has 0 bridgehead atoms. The second-order valence-corrected chi connectivity index (χ2v) is 5.11. The van der Waals surface area contributed by atoms with Crippen molar-refractivity contribution in [2.45, 2.75) is 70.9 Å². The molecule has 0 aromatic carbocycles. The van der Waals surface area contributed by atoms with Crippen LogP contribution in [0.15, 0.2) is 0 Å². The van der Waals surface area contributed by atoms with E-state index in [4.69, 9.17) is 5.11 Å². The van der Waals surface area contributed by atoms with Gasteiger partial charge in [-0.05, 0) is 32.6 Å². The van der Waals surface area contributed by atoms with Gasteiger partial charge in [0.1, 0.15) is 0 Å². The maximum atomic E-state index is 10.9. The molecule has 1 fully saturated rings. The van der Waals surface area contributed by atoms with Gasteiger partial charge in [-0.2, -0.15) is 0 Å². The molecule has 0 aromatic rings. The molecule has 1 rings (SSSR count). The van der Waals surface area contributed by atoms with Crippen molar-refractivity contribution in [2.75, 3.05) is 0 Å². The van der Waals surface area contributed by atoms with Crippen molar-refractivity contribution < 1.29 is 9.90 Å². The van der Waals surface area contributed by atoms with Gasteiger partial charge in [0.2, 0.25) is 0 Å². The Labute approximate surface area is 98.6 Å². The fourth-order valence-electron chi connectivity index (χ4n) is 2.56. The number of hydrogen-bond acceptors (Lipinski definition) is 2. The van der Waals surface area contributed by atoms with E-state index < -0.39 is 5.97 Å². The zero-order chi connectivity index (χ0) is 12.0. The molecule has 0 aromatic heterocycles. The summed E-state index contributed by atoms with van der Waals surface area (Å²) in [6, 6.07) is 0.944. The third kappa shape index (κ3) is 4.52. The molecule has 3 heteroatoms. The van der Waals surface area contributed by atoms with Crippen molar-refractivity contribution in [3.63, 3.8) is 0 Å². The minimum absolute atomic E-state index is 0.121. The lowest BCUT2D eigenvalue weighted by Gasteiger charge is -2.30. The van der Waals surface area contributed by atoms with Crippen LogP contribution in [0.3, 0.4) is 0 Å². The molecular formula is C13H25NO2. The second kappa shape index (κ2) is 6.89. The molecule has 0 radical (unpaired) electrons. The van der Waals surface area contributed by atoms with Gasteiger partial charge in [-0.3, -0.25) is 4.79 Å². The second-order valence-electron chi connectivity index (χ2n) is 5.11. The zero-order valence-corrected chi connectivity index (χ0v) is 10.5. The first-order valence-corrected chi connectivity index (χ1v) is 6.62. The first-order valence-electron chi connectivity index (χ1n) is 6.62. The highest BCUT2D eigenvalue weighted by atomic mass is 16.4. The van der Waals surface area contributed by atoms with E-state index in [9.17, 15) is 4.79 Å². The minimum atomic E-state index is -0.618. The smallest absolute Gasteiger partial charge is 0.306 e. The summed E-state index contributed by atoms with van der Waals surface area (Å²) < 4.78 is 0. The number of nitrogens with one attached hydrogen (secondary N) is 1. The Balaban J connectivity index is 2.28. The summed E-state index contributed by atoms with van der Waals surface area (Å²) in [6.45, 7) is 4.41. The molecule has 3 unspecified atom stereocenters. The third-order valence-electron chi connectivity index (χ3n) is 3.53. The highest BCUT2D eigenvalue weighted by molar-refractivity contribution is 5.70. The van der Waals surface area contributed by atoms with Crippen molar-refractivity contribution >= 4 is 5.97 Å². The summed E-state index contributed by atoms with van der Waals surface area (Å²) in [6.07, 6.45) is 7.54. The van der Waals surface area contributed by atoms with Gasteiger partial charge in [-0.1, -0.05) is 26.2 Å². The normalized spacial score (nSPS) is 27.6. The van der Waals surface area contributed by atoms with E-state index in [2.05, 4.69) is 19.2 Å². The number of rotatable bonds is 6. The molecule has 0 heterocycles.